The summed E-state index contributed by atoms with van der Waals surface area (Å²) in [5, 5.41) is 5.14. The minimum absolute atomic E-state index is 0.0254. The lowest BCUT2D eigenvalue weighted by molar-refractivity contribution is 0.0535. The first kappa shape index (κ1) is 21.7. The summed E-state index contributed by atoms with van der Waals surface area (Å²) in [6, 6.07) is 15.2. The molecule has 1 aliphatic heterocycles. The Hall–Kier alpha value is -3.56. The number of rotatable bonds is 7. The molecular weight excluding hydrogens is 434 g/mol. The van der Waals surface area contributed by atoms with Crippen LogP contribution in [0.25, 0.3) is 11.1 Å². The number of nitrogens with two attached hydrogens (primary N) is 1. The van der Waals surface area contributed by atoms with Crippen molar-refractivity contribution in [2.45, 2.75) is 18.1 Å². The summed E-state index contributed by atoms with van der Waals surface area (Å²) in [6.45, 7) is 0.381. The molecule has 0 saturated carbocycles. The number of cyclic esters (lactones) is 1. The van der Waals surface area contributed by atoms with E-state index in [1.54, 1.807) is 24.3 Å². The minimum atomic E-state index is -3.76. The number of carbonyl (C=O) groups excluding carboxylic acids is 1. The van der Waals surface area contributed by atoms with Gasteiger partial charge >= 0.3 is 5.97 Å². The molecule has 0 aliphatic carbocycles. The quantitative estimate of drug-likeness (QED) is 0.544. The van der Waals surface area contributed by atoms with Crippen LogP contribution in [-0.2, 0) is 28.0 Å². The fourth-order valence-corrected chi connectivity index (χ4v) is 4.02. The topological polar surface area (TPSA) is 114 Å². The molecule has 0 saturated heterocycles. The van der Waals surface area contributed by atoms with Gasteiger partial charge in [-0.3, -0.25) is 0 Å². The van der Waals surface area contributed by atoms with E-state index < -0.39 is 10.0 Å². The Kier molecular flexibility index (Phi) is 5.77. The van der Waals surface area contributed by atoms with Gasteiger partial charge in [0.1, 0.15) is 13.2 Å². The van der Waals surface area contributed by atoms with Crippen LogP contribution in [0.4, 0.5) is 0 Å². The Balaban J connectivity index is 1.67. The number of carbonyl (C=O) groups is 1. The molecule has 0 atom stereocenters. The van der Waals surface area contributed by atoms with Gasteiger partial charge in [-0.1, -0.05) is 18.2 Å². The zero-order valence-electron chi connectivity index (χ0n) is 17.5. The molecule has 1 heterocycles. The third-order valence-electron chi connectivity index (χ3n) is 5.13. The molecule has 4 rings (SSSR count). The lowest BCUT2D eigenvalue weighted by atomic mass is 9.99. The van der Waals surface area contributed by atoms with Crippen LogP contribution in [-0.4, -0.2) is 28.6 Å². The molecule has 0 unspecified atom stereocenters. The Labute approximate surface area is 185 Å². The van der Waals surface area contributed by atoms with E-state index >= 15 is 0 Å². The Morgan fingerprint density at radius 3 is 2.31 bits per heavy atom. The second-order valence-electron chi connectivity index (χ2n) is 7.10. The SMILES string of the molecule is COc1ccc(-c2ccc3c(c2)COC3=O)c(OC)c1OCc1ccc(S(N)(=O)=O)cc1. The number of fused-ring (bicyclic) bond motifs is 1. The van der Waals surface area contributed by atoms with Crippen LogP contribution in [0, 0.1) is 0 Å². The first-order chi connectivity index (χ1) is 15.3. The molecule has 2 N–H and O–H groups in total. The number of methoxy groups -OCH3 is 2. The van der Waals surface area contributed by atoms with Crippen LogP contribution in [0.15, 0.2) is 59.5 Å². The van der Waals surface area contributed by atoms with E-state index in [0.29, 0.717) is 22.8 Å². The summed E-state index contributed by atoms with van der Waals surface area (Å²) in [5.74, 6) is 1.02. The smallest absolute Gasteiger partial charge is 0.338 e. The average Bonchev–Trinajstić information content (AvgIpc) is 3.16. The van der Waals surface area contributed by atoms with Gasteiger partial charge in [-0.15, -0.1) is 0 Å². The summed E-state index contributed by atoms with van der Waals surface area (Å²) in [4.78, 5) is 11.8. The van der Waals surface area contributed by atoms with Crippen LogP contribution in [0.5, 0.6) is 17.2 Å². The molecule has 3 aromatic rings. The van der Waals surface area contributed by atoms with Crippen LogP contribution < -0.4 is 19.3 Å². The van der Waals surface area contributed by atoms with Gasteiger partial charge in [-0.25, -0.2) is 18.4 Å². The van der Waals surface area contributed by atoms with Crippen LogP contribution in [0.3, 0.4) is 0 Å². The molecule has 9 heteroatoms. The number of hydrogen-bond acceptors (Lipinski definition) is 7. The van der Waals surface area contributed by atoms with Crippen molar-refractivity contribution in [3.8, 4) is 28.4 Å². The minimum Gasteiger partial charge on any atom is -0.493 e. The highest BCUT2D eigenvalue weighted by molar-refractivity contribution is 7.89. The second kappa shape index (κ2) is 8.52. The van der Waals surface area contributed by atoms with Crippen LogP contribution >= 0.6 is 0 Å². The Bertz CT molecular complexity index is 1280. The van der Waals surface area contributed by atoms with Gasteiger partial charge in [0.05, 0.1) is 24.7 Å². The highest BCUT2D eigenvalue weighted by atomic mass is 32.2. The molecule has 1 aliphatic rings. The highest BCUT2D eigenvalue weighted by Gasteiger charge is 2.23. The van der Waals surface area contributed by atoms with Crippen molar-refractivity contribution >= 4 is 16.0 Å². The average molecular weight is 455 g/mol. The van der Waals surface area contributed by atoms with E-state index in [1.165, 1.54) is 26.4 Å². The van der Waals surface area contributed by atoms with Crippen molar-refractivity contribution < 1.29 is 32.2 Å². The van der Waals surface area contributed by atoms with Crippen molar-refractivity contribution in [3.05, 3.63) is 71.3 Å². The molecule has 8 nitrogen and oxygen atoms in total. The van der Waals surface area contributed by atoms with Gasteiger partial charge in [0.25, 0.3) is 0 Å². The number of benzene rings is 3. The van der Waals surface area contributed by atoms with E-state index in [9.17, 15) is 13.2 Å². The predicted octanol–water partition coefficient (Wildman–Crippen LogP) is 3.27. The van der Waals surface area contributed by atoms with Crippen molar-refractivity contribution in [2.24, 2.45) is 5.14 Å². The molecule has 0 spiro atoms. The van der Waals surface area contributed by atoms with Gasteiger partial charge in [-0.05, 0) is 47.5 Å². The molecule has 3 aromatic carbocycles. The number of esters is 1. The van der Waals surface area contributed by atoms with Gasteiger partial charge in [0.15, 0.2) is 11.5 Å². The monoisotopic (exact) mass is 455 g/mol. The summed E-state index contributed by atoms with van der Waals surface area (Å²) < 4.78 is 45.1. The molecule has 0 amide bonds. The Morgan fingerprint density at radius 1 is 0.938 bits per heavy atom. The van der Waals surface area contributed by atoms with E-state index in [0.717, 1.165) is 22.3 Å². The maximum Gasteiger partial charge on any atom is 0.338 e. The van der Waals surface area contributed by atoms with Gasteiger partial charge < -0.3 is 18.9 Å². The molecular formula is C23H21NO7S. The number of primary sulfonamides is 1. The maximum atomic E-state index is 11.7. The highest BCUT2D eigenvalue weighted by Crippen LogP contribution is 2.45. The fourth-order valence-electron chi connectivity index (χ4n) is 3.50. The van der Waals surface area contributed by atoms with Crippen LogP contribution in [0.1, 0.15) is 21.5 Å². The normalized spacial score (nSPS) is 12.8. The van der Waals surface area contributed by atoms with Crippen molar-refractivity contribution in [1.82, 2.24) is 0 Å². The van der Waals surface area contributed by atoms with Crippen LogP contribution in [0.2, 0.25) is 0 Å². The zero-order chi connectivity index (χ0) is 22.9. The number of hydrogen-bond donors (Lipinski definition) is 1. The van der Waals surface area contributed by atoms with Gasteiger partial charge in [0, 0.05) is 11.1 Å². The van der Waals surface area contributed by atoms with Crippen molar-refractivity contribution in [3.63, 3.8) is 0 Å². The summed E-state index contributed by atoms with van der Waals surface area (Å²) >= 11 is 0. The first-order valence-electron chi connectivity index (χ1n) is 9.61. The zero-order valence-corrected chi connectivity index (χ0v) is 18.3. The predicted molar refractivity (Wildman–Crippen MR) is 116 cm³/mol. The van der Waals surface area contributed by atoms with Crippen molar-refractivity contribution in [2.75, 3.05) is 14.2 Å². The molecule has 32 heavy (non-hydrogen) atoms. The lowest BCUT2D eigenvalue weighted by Gasteiger charge is -2.18. The molecule has 166 valence electrons. The second-order valence-corrected chi connectivity index (χ2v) is 8.66. The fraction of sp³-hybridized carbons (Fsp3) is 0.174. The third kappa shape index (κ3) is 4.12. The first-order valence-corrected chi connectivity index (χ1v) is 11.2. The van der Waals surface area contributed by atoms with E-state index in [-0.39, 0.29) is 24.1 Å². The molecule has 0 bridgehead atoms. The number of sulfonamides is 1. The van der Waals surface area contributed by atoms with Gasteiger partial charge in [0.2, 0.25) is 15.8 Å². The number of ether oxygens (including phenoxy) is 4. The summed E-state index contributed by atoms with van der Waals surface area (Å²) in [5.41, 5.74) is 3.70. The molecule has 0 fully saturated rings. The summed E-state index contributed by atoms with van der Waals surface area (Å²) in [7, 11) is -0.701. The van der Waals surface area contributed by atoms with E-state index in [2.05, 4.69) is 0 Å². The lowest BCUT2D eigenvalue weighted by Crippen LogP contribution is -2.12. The maximum absolute atomic E-state index is 11.7. The van der Waals surface area contributed by atoms with Crippen molar-refractivity contribution in [1.29, 1.82) is 0 Å². The van der Waals surface area contributed by atoms with E-state index in [1.807, 2.05) is 18.2 Å². The third-order valence-corrected chi connectivity index (χ3v) is 6.06. The summed E-state index contributed by atoms with van der Waals surface area (Å²) in [6.07, 6.45) is 0. The van der Waals surface area contributed by atoms with Gasteiger partial charge in [-0.2, -0.15) is 0 Å². The largest absolute Gasteiger partial charge is 0.493 e. The van der Waals surface area contributed by atoms with E-state index in [4.69, 9.17) is 24.1 Å². The Morgan fingerprint density at radius 2 is 1.66 bits per heavy atom. The standard InChI is InChI=1S/C23H21NO7S/c1-28-20-10-9-18(15-5-8-19-16(11-15)13-31-23(19)25)21(29-2)22(20)30-12-14-3-6-17(7-4-14)32(24,26)27/h3-11H,12-13H2,1-2H3,(H2,24,26,27). The molecule has 0 radical (unpaired) electrons. The molecule has 0 aromatic heterocycles.